The van der Waals surface area contributed by atoms with Crippen LogP contribution in [0.25, 0.3) is 0 Å². The lowest BCUT2D eigenvalue weighted by atomic mass is 10.2. The van der Waals surface area contributed by atoms with Crippen LogP contribution in [0.5, 0.6) is 0 Å². The molecule has 2 aromatic heterocycles. The number of carbonyl (C=O) groups is 1. The van der Waals surface area contributed by atoms with Crippen LogP contribution in [0.3, 0.4) is 0 Å². The molecule has 0 saturated heterocycles. The monoisotopic (exact) mass is 289 g/mol. The van der Waals surface area contributed by atoms with Gasteiger partial charge in [-0.3, -0.25) is 9.48 Å². The Hall–Kier alpha value is -2.37. The first-order chi connectivity index (χ1) is 9.96. The van der Waals surface area contributed by atoms with Crippen molar-refractivity contribution in [2.45, 2.75) is 40.3 Å². The van der Waals surface area contributed by atoms with Crippen molar-refractivity contribution in [2.75, 3.05) is 0 Å². The van der Waals surface area contributed by atoms with Crippen LogP contribution >= 0.6 is 0 Å². The maximum atomic E-state index is 11.6. The molecule has 0 atom stereocenters. The molecule has 0 unspecified atom stereocenters. The topological polar surface area (TPSA) is 77.1 Å². The summed E-state index contributed by atoms with van der Waals surface area (Å²) in [6.07, 6.45) is 2.25. The number of aryl methyl sites for hydroxylation is 3. The Bertz CT molecular complexity index is 728. The molecule has 0 bridgehead atoms. The Morgan fingerprint density at radius 2 is 2.05 bits per heavy atom. The highest BCUT2D eigenvalue weighted by molar-refractivity contribution is 5.87. The smallest absolute Gasteiger partial charge is 0.341 e. The summed E-state index contributed by atoms with van der Waals surface area (Å²) in [6.45, 7) is 7.09. The minimum absolute atomic E-state index is 0.209. The van der Waals surface area contributed by atoms with E-state index < -0.39 is 11.4 Å². The van der Waals surface area contributed by atoms with Crippen LogP contribution in [-0.4, -0.2) is 25.4 Å². The Balaban J connectivity index is 2.44. The first-order valence-electron chi connectivity index (χ1n) is 6.96. The molecular formula is C15H19N3O3. The van der Waals surface area contributed by atoms with Crippen LogP contribution < -0.4 is 5.43 Å². The predicted molar refractivity (Wildman–Crippen MR) is 78.8 cm³/mol. The number of pyridine rings is 1. The van der Waals surface area contributed by atoms with E-state index in [1.54, 1.807) is 11.5 Å². The number of aromatic nitrogens is 3. The highest BCUT2D eigenvalue weighted by Crippen LogP contribution is 2.10. The second-order valence-corrected chi connectivity index (χ2v) is 4.92. The lowest BCUT2D eigenvalue weighted by Gasteiger charge is -2.12. The zero-order valence-corrected chi connectivity index (χ0v) is 12.5. The highest BCUT2D eigenvalue weighted by Gasteiger charge is 2.12. The van der Waals surface area contributed by atoms with Gasteiger partial charge >= 0.3 is 5.97 Å². The van der Waals surface area contributed by atoms with Crippen LogP contribution in [-0.2, 0) is 19.5 Å². The molecule has 0 aliphatic heterocycles. The SMILES string of the molecule is CCc1cc(Cn2cc(C(=O)O)c(=O)cc2C)n(CC)n1. The molecule has 2 aromatic rings. The van der Waals surface area contributed by atoms with Gasteiger partial charge in [-0.25, -0.2) is 4.79 Å². The van der Waals surface area contributed by atoms with Gasteiger partial charge in [0.25, 0.3) is 0 Å². The third kappa shape index (κ3) is 3.04. The van der Waals surface area contributed by atoms with Crippen LogP contribution in [0.15, 0.2) is 23.1 Å². The van der Waals surface area contributed by atoms with Crippen molar-refractivity contribution in [3.63, 3.8) is 0 Å². The molecule has 2 heterocycles. The molecule has 0 spiro atoms. The van der Waals surface area contributed by atoms with Crippen LogP contribution in [0.2, 0.25) is 0 Å². The first-order valence-corrected chi connectivity index (χ1v) is 6.96. The van der Waals surface area contributed by atoms with E-state index in [2.05, 4.69) is 5.10 Å². The summed E-state index contributed by atoms with van der Waals surface area (Å²) in [4.78, 5) is 22.7. The molecule has 6 heteroatoms. The van der Waals surface area contributed by atoms with Crippen LogP contribution in [0.4, 0.5) is 0 Å². The molecule has 112 valence electrons. The largest absolute Gasteiger partial charge is 0.477 e. The Kier molecular flexibility index (Phi) is 4.26. The summed E-state index contributed by atoms with van der Waals surface area (Å²) in [7, 11) is 0. The Morgan fingerprint density at radius 1 is 1.33 bits per heavy atom. The number of rotatable bonds is 5. The van der Waals surface area contributed by atoms with Gasteiger partial charge in [-0.15, -0.1) is 0 Å². The molecule has 1 N–H and O–H groups in total. The normalized spacial score (nSPS) is 10.8. The molecule has 0 aliphatic carbocycles. The average molecular weight is 289 g/mol. The molecule has 21 heavy (non-hydrogen) atoms. The van der Waals surface area contributed by atoms with Crippen molar-refractivity contribution in [1.29, 1.82) is 0 Å². The van der Waals surface area contributed by atoms with Gasteiger partial charge in [-0.1, -0.05) is 6.92 Å². The lowest BCUT2D eigenvalue weighted by molar-refractivity contribution is 0.0694. The molecule has 0 radical (unpaired) electrons. The van der Waals surface area contributed by atoms with Gasteiger partial charge in [0.1, 0.15) is 5.56 Å². The fourth-order valence-electron chi connectivity index (χ4n) is 2.27. The Labute approximate surface area is 122 Å². The van der Waals surface area contributed by atoms with E-state index in [0.29, 0.717) is 6.54 Å². The van der Waals surface area contributed by atoms with Gasteiger partial charge < -0.3 is 9.67 Å². The van der Waals surface area contributed by atoms with Crippen LogP contribution in [0, 0.1) is 6.92 Å². The molecule has 6 nitrogen and oxygen atoms in total. The summed E-state index contributed by atoms with van der Waals surface area (Å²) in [5.41, 5.74) is 2.06. The number of carboxylic acid groups (broad SMARTS) is 1. The van der Waals surface area contributed by atoms with Crippen molar-refractivity contribution < 1.29 is 9.90 Å². The van der Waals surface area contributed by atoms with Gasteiger partial charge in [0.2, 0.25) is 0 Å². The molecular weight excluding hydrogens is 270 g/mol. The predicted octanol–water partition coefficient (Wildman–Crippen LogP) is 1.68. The zero-order valence-electron chi connectivity index (χ0n) is 12.5. The van der Waals surface area contributed by atoms with Gasteiger partial charge in [0.05, 0.1) is 17.9 Å². The van der Waals surface area contributed by atoms with Crippen molar-refractivity contribution >= 4 is 5.97 Å². The van der Waals surface area contributed by atoms with E-state index >= 15 is 0 Å². The van der Waals surface area contributed by atoms with Gasteiger partial charge in [-0.2, -0.15) is 5.10 Å². The summed E-state index contributed by atoms with van der Waals surface area (Å²) in [6, 6.07) is 3.37. The van der Waals surface area contributed by atoms with E-state index in [9.17, 15) is 9.59 Å². The quantitative estimate of drug-likeness (QED) is 0.908. The van der Waals surface area contributed by atoms with E-state index in [0.717, 1.165) is 30.0 Å². The van der Waals surface area contributed by atoms with Crippen molar-refractivity contribution in [3.8, 4) is 0 Å². The fraction of sp³-hybridized carbons (Fsp3) is 0.400. The Morgan fingerprint density at radius 3 is 2.62 bits per heavy atom. The standard InChI is InChI=1S/C15H19N3O3/c1-4-11-7-12(18(5-2)16-11)8-17-9-13(15(20)21)14(19)6-10(17)3/h6-7,9H,4-5,8H2,1-3H3,(H,20,21). The maximum absolute atomic E-state index is 11.6. The van der Waals surface area contributed by atoms with E-state index in [1.807, 2.05) is 24.6 Å². The first kappa shape index (κ1) is 15.0. The average Bonchev–Trinajstić information content (AvgIpc) is 2.83. The number of hydrogen-bond donors (Lipinski definition) is 1. The minimum atomic E-state index is -1.20. The second kappa shape index (κ2) is 5.95. The van der Waals surface area contributed by atoms with E-state index in [-0.39, 0.29) is 5.56 Å². The molecule has 2 rings (SSSR count). The number of hydrogen-bond acceptors (Lipinski definition) is 3. The van der Waals surface area contributed by atoms with Gasteiger partial charge in [-0.05, 0) is 26.3 Å². The maximum Gasteiger partial charge on any atom is 0.341 e. The third-order valence-electron chi connectivity index (χ3n) is 3.48. The van der Waals surface area contributed by atoms with Gasteiger partial charge in [0.15, 0.2) is 5.43 Å². The molecule has 0 aromatic carbocycles. The van der Waals surface area contributed by atoms with Gasteiger partial charge in [0, 0.05) is 24.5 Å². The molecule has 0 amide bonds. The summed E-state index contributed by atoms with van der Waals surface area (Å²) in [5, 5.41) is 13.5. The van der Waals surface area contributed by atoms with Crippen molar-refractivity contribution in [2.24, 2.45) is 0 Å². The third-order valence-corrected chi connectivity index (χ3v) is 3.48. The number of nitrogens with zero attached hydrogens (tertiary/aromatic N) is 3. The summed E-state index contributed by atoms with van der Waals surface area (Å²) < 4.78 is 3.67. The lowest BCUT2D eigenvalue weighted by Crippen LogP contribution is -2.20. The van der Waals surface area contributed by atoms with Crippen molar-refractivity contribution in [1.82, 2.24) is 14.3 Å². The summed E-state index contributed by atoms with van der Waals surface area (Å²) in [5.74, 6) is -1.20. The molecule has 0 aliphatic rings. The number of aromatic carboxylic acids is 1. The summed E-state index contributed by atoms with van der Waals surface area (Å²) >= 11 is 0. The van der Waals surface area contributed by atoms with Crippen LogP contribution in [0.1, 0.15) is 41.3 Å². The van der Waals surface area contributed by atoms with E-state index in [4.69, 9.17) is 5.11 Å². The number of carboxylic acids is 1. The van der Waals surface area contributed by atoms with E-state index in [1.165, 1.54) is 12.3 Å². The molecule has 0 saturated carbocycles. The fourth-order valence-corrected chi connectivity index (χ4v) is 2.27. The highest BCUT2D eigenvalue weighted by atomic mass is 16.4. The van der Waals surface area contributed by atoms with Crippen molar-refractivity contribution in [3.05, 3.63) is 51.2 Å². The molecule has 0 fully saturated rings. The second-order valence-electron chi connectivity index (χ2n) is 4.92. The zero-order chi connectivity index (χ0) is 15.6. The minimum Gasteiger partial charge on any atom is -0.477 e.